The molecule has 3 heteroatoms. The summed E-state index contributed by atoms with van der Waals surface area (Å²) in [7, 11) is 0. The minimum Gasteiger partial charge on any atom is -0.373 e. The van der Waals surface area contributed by atoms with Crippen molar-refractivity contribution in [1.29, 1.82) is 5.26 Å². The summed E-state index contributed by atoms with van der Waals surface area (Å²) >= 11 is 5.16. The molecule has 0 aromatic heterocycles. The van der Waals surface area contributed by atoms with E-state index in [1.165, 1.54) is 0 Å². The number of nitrogens with one attached hydrogen (secondary N) is 1. The van der Waals surface area contributed by atoms with Crippen LogP contribution in [0.2, 0.25) is 0 Å². The summed E-state index contributed by atoms with van der Waals surface area (Å²) in [4.78, 5) is 0.586. The molecule has 0 spiro atoms. The van der Waals surface area contributed by atoms with E-state index in [2.05, 4.69) is 32.2 Å². The van der Waals surface area contributed by atoms with Crippen LogP contribution in [0.5, 0.6) is 0 Å². The number of nitrogens with zero attached hydrogens (tertiary/aromatic N) is 1. The smallest absolute Gasteiger partial charge is 0.117 e. The molecule has 0 rings (SSSR count). The molecule has 1 atom stereocenters. The molecule has 0 fully saturated rings. The van der Waals surface area contributed by atoms with Gasteiger partial charge in [0.1, 0.15) is 11.1 Å². The molecule has 15 heavy (non-hydrogen) atoms. The fourth-order valence-electron chi connectivity index (χ4n) is 1.04. The molecule has 1 unspecified atom stereocenters. The maximum absolute atomic E-state index is 8.94. The van der Waals surface area contributed by atoms with Gasteiger partial charge in [-0.1, -0.05) is 45.0 Å². The average Bonchev–Trinajstić information content (AvgIpc) is 2.24. The maximum Gasteiger partial charge on any atom is 0.117 e. The van der Waals surface area contributed by atoms with Crippen LogP contribution in [0.4, 0.5) is 0 Å². The Morgan fingerprint density at radius 3 is 2.67 bits per heavy atom. The first-order valence-corrected chi connectivity index (χ1v) is 5.97. The Labute approximate surface area is 98.4 Å². The topological polar surface area (TPSA) is 35.8 Å². The van der Waals surface area contributed by atoms with E-state index in [0.29, 0.717) is 16.6 Å². The third kappa shape index (κ3) is 6.24. The van der Waals surface area contributed by atoms with Crippen LogP contribution in [0.25, 0.3) is 0 Å². The van der Waals surface area contributed by atoms with Gasteiger partial charge in [0.15, 0.2) is 0 Å². The van der Waals surface area contributed by atoms with Gasteiger partial charge in [-0.2, -0.15) is 5.26 Å². The first kappa shape index (κ1) is 14.1. The van der Waals surface area contributed by atoms with E-state index in [1.54, 1.807) is 0 Å². The van der Waals surface area contributed by atoms with Crippen LogP contribution in [0.15, 0.2) is 11.6 Å². The van der Waals surface area contributed by atoms with Crippen molar-refractivity contribution >= 4 is 17.2 Å². The first-order chi connectivity index (χ1) is 7.15. The lowest BCUT2D eigenvalue weighted by Crippen LogP contribution is -2.31. The van der Waals surface area contributed by atoms with Crippen molar-refractivity contribution in [3.63, 3.8) is 0 Å². The molecule has 1 N–H and O–H groups in total. The number of unbranched alkanes of at least 4 members (excludes halogenated alkanes) is 2. The van der Waals surface area contributed by atoms with Gasteiger partial charge < -0.3 is 5.32 Å². The fraction of sp³-hybridized carbons (Fsp3) is 0.667. The highest BCUT2D eigenvalue weighted by atomic mass is 32.1. The SMILES string of the molecule is CCCCC=C(C#N)C(=S)NC(C)CC. The minimum absolute atomic E-state index is 0.334. The second-order valence-corrected chi connectivity index (χ2v) is 4.06. The van der Waals surface area contributed by atoms with E-state index in [4.69, 9.17) is 17.5 Å². The molecule has 0 aliphatic carbocycles. The second kappa shape index (κ2) is 8.43. The van der Waals surface area contributed by atoms with E-state index in [9.17, 15) is 0 Å². The summed E-state index contributed by atoms with van der Waals surface area (Å²) in [5.74, 6) is 0. The van der Waals surface area contributed by atoms with E-state index in [0.717, 1.165) is 25.7 Å². The van der Waals surface area contributed by atoms with Crippen molar-refractivity contribution in [3.8, 4) is 6.07 Å². The molecular weight excluding hydrogens is 204 g/mol. The highest BCUT2D eigenvalue weighted by molar-refractivity contribution is 7.80. The van der Waals surface area contributed by atoms with Gasteiger partial charge >= 0.3 is 0 Å². The number of hydrogen-bond donors (Lipinski definition) is 1. The zero-order valence-corrected chi connectivity index (χ0v) is 10.7. The van der Waals surface area contributed by atoms with Gasteiger partial charge in [-0.05, 0) is 19.8 Å². The summed E-state index contributed by atoms with van der Waals surface area (Å²) in [5, 5.41) is 12.1. The molecule has 0 amide bonds. The summed E-state index contributed by atoms with van der Waals surface area (Å²) < 4.78 is 0. The lowest BCUT2D eigenvalue weighted by atomic mass is 10.1. The normalized spacial score (nSPS) is 13.1. The summed E-state index contributed by atoms with van der Waals surface area (Å²) in [6.45, 7) is 6.29. The summed E-state index contributed by atoms with van der Waals surface area (Å²) in [6.07, 6.45) is 6.12. The van der Waals surface area contributed by atoms with Crippen LogP contribution in [-0.4, -0.2) is 11.0 Å². The van der Waals surface area contributed by atoms with Crippen molar-refractivity contribution in [2.24, 2.45) is 0 Å². The van der Waals surface area contributed by atoms with Gasteiger partial charge in [-0.15, -0.1) is 0 Å². The first-order valence-electron chi connectivity index (χ1n) is 5.56. The predicted molar refractivity (Wildman–Crippen MR) is 68.7 cm³/mol. The predicted octanol–water partition coefficient (Wildman–Crippen LogP) is 3.34. The van der Waals surface area contributed by atoms with Gasteiger partial charge in [-0.25, -0.2) is 0 Å². The van der Waals surface area contributed by atoms with Gasteiger partial charge in [-0.3, -0.25) is 0 Å². The Morgan fingerprint density at radius 2 is 2.20 bits per heavy atom. The Bertz CT molecular complexity index is 263. The average molecular weight is 224 g/mol. The number of thiocarbonyl (C=S) groups is 1. The molecule has 2 nitrogen and oxygen atoms in total. The van der Waals surface area contributed by atoms with Crippen molar-refractivity contribution in [2.45, 2.75) is 52.5 Å². The maximum atomic E-state index is 8.94. The number of nitriles is 1. The lowest BCUT2D eigenvalue weighted by molar-refractivity contribution is 0.647. The van der Waals surface area contributed by atoms with Gasteiger partial charge in [0.2, 0.25) is 0 Å². The van der Waals surface area contributed by atoms with Gasteiger partial charge in [0.05, 0.1) is 5.57 Å². The van der Waals surface area contributed by atoms with Crippen molar-refractivity contribution in [3.05, 3.63) is 11.6 Å². The Kier molecular flexibility index (Phi) is 7.94. The Hall–Kier alpha value is -0.880. The van der Waals surface area contributed by atoms with Crippen LogP contribution in [0.3, 0.4) is 0 Å². The van der Waals surface area contributed by atoms with E-state index >= 15 is 0 Å². The highest BCUT2D eigenvalue weighted by Gasteiger charge is 2.06. The minimum atomic E-state index is 0.334. The molecule has 84 valence electrons. The van der Waals surface area contributed by atoms with Crippen LogP contribution in [0.1, 0.15) is 46.5 Å². The molecule has 0 saturated carbocycles. The van der Waals surface area contributed by atoms with E-state index in [-0.39, 0.29) is 0 Å². The monoisotopic (exact) mass is 224 g/mol. The third-order valence-corrected chi connectivity index (χ3v) is 2.60. The van der Waals surface area contributed by atoms with E-state index in [1.807, 2.05) is 6.08 Å². The molecule has 0 radical (unpaired) electrons. The van der Waals surface area contributed by atoms with Gasteiger partial charge in [0.25, 0.3) is 0 Å². The number of rotatable bonds is 6. The van der Waals surface area contributed by atoms with Crippen LogP contribution in [0, 0.1) is 11.3 Å². The highest BCUT2D eigenvalue weighted by Crippen LogP contribution is 2.03. The zero-order chi connectivity index (χ0) is 11.7. The zero-order valence-electron chi connectivity index (χ0n) is 9.84. The molecule has 0 aromatic carbocycles. The molecule has 0 aliphatic heterocycles. The van der Waals surface area contributed by atoms with Crippen molar-refractivity contribution in [1.82, 2.24) is 5.32 Å². The van der Waals surface area contributed by atoms with Crippen LogP contribution in [-0.2, 0) is 0 Å². The Morgan fingerprint density at radius 1 is 1.53 bits per heavy atom. The number of allylic oxidation sites excluding steroid dienone is 1. The molecule has 0 saturated heterocycles. The van der Waals surface area contributed by atoms with Crippen LogP contribution < -0.4 is 5.32 Å². The van der Waals surface area contributed by atoms with Crippen LogP contribution >= 0.6 is 12.2 Å². The lowest BCUT2D eigenvalue weighted by Gasteiger charge is -2.12. The Balaban J connectivity index is 4.23. The molecule has 0 aliphatic rings. The standard InChI is InChI=1S/C12H20N2S/c1-4-6-7-8-11(9-13)12(15)14-10(3)5-2/h8,10H,4-7H2,1-3H3,(H,14,15). The van der Waals surface area contributed by atoms with Crippen molar-refractivity contribution in [2.75, 3.05) is 0 Å². The van der Waals surface area contributed by atoms with Crippen molar-refractivity contribution < 1.29 is 0 Å². The quantitative estimate of drug-likeness (QED) is 0.325. The molecule has 0 bridgehead atoms. The largest absolute Gasteiger partial charge is 0.373 e. The number of hydrogen-bond acceptors (Lipinski definition) is 2. The van der Waals surface area contributed by atoms with E-state index < -0.39 is 0 Å². The molecular formula is C12H20N2S. The molecule has 0 aromatic rings. The summed E-state index contributed by atoms with van der Waals surface area (Å²) in [5.41, 5.74) is 0.610. The van der Waals surface area contributed by atoms with Gasteiger partial charge in [0, 0.05) is 6.04 Å². The summed E-state index contributed by atoms with van der Waals surface area (Å²) in [6, 6.07) is 2.48. The molecule has 0 heterocycles. The fourth-order valence-corrected chi connectivity index (χ4v) is 1.37. The second-order valence-electron chi connectivity index (χ2n) is 3.65. The third-order valence-electron chi connectivity index (χ3n) is 2.26.